The number of sulfonamides is 1. The van der Waals surface area contributed by atoms with Gasteiger partial charge in [0.2, 0.25) is 15.9 Å². The molecule has 4 nitrogen and oxygen atoms in total. The molecule has 0 aliphatic rings. The number of amides is 1. The molecule has 0 fully saturated rings. The predicted molar refractivity (Wildman–Crippen MR) is 55.0 cm³/mol. The van der Waals surface area contributed by atoms with Crippen molar-refractivity contribution in [3.63, 3.8) is 0 Å². The molecule has 0 bridgehead atoms. The van der Waals surface area contributed by atoms with Gasteiger partial charge in [-0.15, -0.1) is 8.93 Å². The van der Waals surface area contributed by atoms with E-state index < -0.39 is 17.6 Å². The minimum Gasteiger partial charge on any atom is -0.273 e. The average Bonchev–Trinajstić information content (AvgIpc) is 1.82. The quantitative estimate of drug-likeness (QED) is 0.654. The number of carbonyl (C=O) groups is 1. The number of nitrogens with zero attached hydrogens (tertiary/aromatic N) is 1. The van der Waals surface area contributed by atoms with Crippen LogP contribution < -0.4 is 0 Å². The van der Waals surface area contributed by atoms with Gasteiger partial charge in [-0.3, -0.25) is 4.79 Å². The summed E-state index contributed by atoms with van der Waals surface area (Å²) in [7, 11) is -0.0313. The highest BCUT2D eigenvalue weighted by Gasteiger charge is 2.18. The van der Waals surface area contributed by atoms with Crippen molar-refractivity contribution in [3.8, 4) is 0 Å². The minimum atomic E-state index is -3.36. The van der Waals surface area contributed by atoms with Gasteiger partial charge in [0.15, 0.2) is 0 Å². The second kappa shape index (κ2) is 4.50. The van der Waals surface area contributed by atoms with Crippen molar-refractivity contribution in [2.45, 2.75) is 0 Å². The van der Waals surface area contributed by atoms with Crippen molar-refractivity contribution in [2.75, 3.05) is 26.1 Å². The lowest BCUT2D eigenvalue weighted by Gasteiger charge is -2.15. The molecule has 7 heteroatoms. The highest BCUT2D eigenvalue weighted by molar-refractivity contribution is 8.13. The van der Waals surface area contributed by atoms with Gasteiger partial charge in [0.1, 0.15) is 0 Å². The van der Waals surface area contributed by atoms with Crippen LogP contribution in [0.3, 0.4) is 0 Å². The Bertz CT molecular complexity index is 262. The first kappa shape index (κ1) is 12.3. The highest BCUT2D eigenvalue weighted by Crippen LogP contribution is 2.39. The second-order valence-corrected chi connectivity index (χ2v) is 9.03. The van der Waals surface area contributed by atoms with Gasteiger partial charge in [0.25, 0.3) is 0 Å². The molecule has 0 spiro atoms. The molecule has 0 radical (unpaired) electrons. The molecule has 0 aromatic heterocycles. The molecule has 0 N–H and O–H groups in total. The molecule has 0 aliphatic heterocycles. The van der Waals surface area contributed by atoms with Crippen LogP contribution in [0.25, 0.3) is 0 Å². The third-order valence-corrected chi connectivity index (χ3v) is 3.75. The monoisotopic (exact) mass is 229 g/mol. The van der Waals surface area contributed by atoms with Crippen LogP contribution >= 0.6 is 16.5 Å². The van der Waals surface area contributed by atoms with Crippen LogP contribution in [0.2, 0.25) is 0 Å². The third kappa shape index (κ3) is 4.34. The number of rotatable bonds is 3. The normalized spacial score (nSPS) is 14.0. The Morgan fingerprint density at radius 2 is 2.00 bits per heavy atom. The van der Waals surface area contributed by atoms with E-state index >= 15 is 0 Å². The molecule has 0 aromatic carbocycles. The van der Waals surface area contributed by atoms with E-state index in [-0.39, 0.29) is 5.91 Å². The molecule has 2 atom stereocenters. The summed E-state index contributed by atoms with van der Waals surface area (Å²) in [4.78, 5) is 11.1. The molecule has 0 aromatic rings. The van der Waals surface area contributed by atoms with E-state index in [1.54, 1.807) is 0 Å². The molecular weight excluding hydrogens is 216 g/mol. The first-order chi connectivity index (χ1) is 5.25. The van der Waals surface area contributed by atoms with Crippen molar-refractivity contribution in [1.29, 1.82) is 0 Å². The van der Waals surface area contributed by atoms with Crippen molar-refractivity contribution in [1.82, 2.24) is 4.31 Å². The van der Waals surface area contributed by atoms with E-state index in [0.717, 1.165) is 10.6 Å². The third-order valence-electron chi connectivity index (χ3n) is 1.23. The van der Waals surface area contributed by atoms with Gasteiger partial charge in [0.05, 0.1) is 12.4 Å². The zero-order valence-corrected chi connectivity index (χ0v) is 10.2. The van der Waals surface area contributed by atoms with Crippen LogP contribution in [0.5, 0.6) is 0 Å². The summed E-state index contributed by atoms with van der Waals surface area (Å²) in [5.41, 5.74) is 0. The fourth-order valence-electron chi connectivity index (χ4n) is 0.498. The molecule has 72 valence electrons. The molecule has 0 saturated carbocycles. The Hall–Kier alpha value is 0.280. The Kier molecular flexibility index (Phi) is 4.60. The van der Waals surface area contributed by atoms with Crippen LogP contribution in [0.15, 0.2) is 0 Å². The Morgan fingerprint density at radius 1 is 1.58 bits per heavy atom. The van der Waals surface area contributed by atoms with Gasteiger partial charge in [-0.05, 0) is 6.66 Å². The Morgan fingerprint density at radius 3 is 2.25 bits per heavy atom. The lowest BCUT2D eigenvalue weighted by atomic mass is 10.7. The molecule has 1 amide bonds. The van der Waals surface area contributed by atoms with Crippen LogP contribution in [0.1, 0.15) is 0 Å². The summed E-state index contributed by atoms with van der Waals surface area (Å²) < 4.78 is 22.5. The first-order valence-corrected chi connectivity index (χ1v) is 8.62. The maximum atomic E-state index is 11.1. The molecule has 0 aliphatic carbocycles. The lowest BCUT2D eigenvalue weighted by molar-refractivity contribution is -0.122. The van der Waals surface area contributed by atoms with Gasteiger partial charge in [-0.2, -0.15) is 0 Å². The first-order valence-electron chi connectivity index (χ1n) is 3.17. The molecule has 0 rings (SSSR count). The fraction of sp³-hybridized carbons (Fsp3) is 0.800. The van der Waals surface area contributed by atoms with Crippen molar-refractivity contribution < 1.29 is 13.2 Å². The lowest BCUT2D eigenvalue weighted by Crippen LogP contribution is -2.33. The van der Waals surface area contributed by atoms with Crippen LogP contribution in [-0.4, -0.2) is 44.8 Å². The van der Waals surface area contributed by atoms with Gasteiger partial charge >= 0.3 is 0 Å². The molecule has 12 heavy (non-hydrogen) atoms. The summed E-state index contributed by atoms with van der Waals surface area (Å²) in [5, 5.41) is 0. The average molecular weight is 229 g/mol. The summed E-state index contributed by atoms with van der Waals surface area (Å²) in [6.45, 7) is 1.90. The molecular formula is C5H13NO3P2S. The fourth-order valence-corrected chi connectivity index (χ4v) is 2.14. The van der Waals surface area contributed by atoms with Crippen molar-refractivity contribution in [2.24, 2.45) is 0 Å². The van der Waals surface area contributed by atoms with Crippen LogP contribution in [0.4, 0.5) is 0 Å². The SMILES string of the molecule is CN(C(=O)CP(C)P)S(C)(=O)=O. The van der Waals surface area contributed by atoms with Gasteiger partial charge in [-0.1, -0.05) is 7.61 Å². The smallest absolute Gasteiger partial charge is 0.240 e. The molecule has 0 heterocycles. The van der Waals surface area contributed by atoms with E-state index in [4.69, 9.17) is 0 Å². The second-order valence-electron chi connectivity index (χ2n) is 2.54. The van der Waals surface area contributed by atoms with E-state index in [0.29, 0.717) is 6.16 Å². The summed E-state index contributed by atoms with van der Waals surface area (Å²) in [5.74, 6) is -0.346. The van der Waals surface area contributed by atoms with Crippen LogP contribution in [-0.2, 0) is 14.8 Å². The summed E-state index contributed by atoms with van der Waals surface area (Å²) in [6, 6.07) is 0. The van der Waals surface area contributed by atoms with Gasteiger partial charge in [-0.25, -0.2) is 12.7 Å². The van der Waals surface area contributed by atoms with E-state index in [1.807, 2.05) is 6.66 Å². The van der Waals surface area contributed by atoms with Crippen molar-refractivity contribution in [3.05, 3.63) is 0 Å². The van der Waals surface area contributed by atoms with E-state index in [2.05, 4.69) is 8.93 Å². The Labute approximate surface area is 76.6 Å². The maximum Gasteiger partial charge on any atom is 0.240 e. The van der Waals surface area contributed by atoms with Gasteiger partial charge in [0, 0.05) is 7.05 Å². The number of hydrogen-bond donors (Lipinski definition) is 0. The van der Waals surface area contributed by atoms with Gasteiger partial charge < -0.3 is 0 Å². The Balaban J connectivity index is 4.32. The predicted octanol–water partition coefficient (Wildman–Crippen LogP) is 0.306. The van der Waals surface area contributed by atoms with Crippen molar-refractivity contribution >= 4 is 32.5 Å². The topological polar surface area (TPSA) is 54.5 Å². The maximum absolute atomic E-state index is 11.1. The number of hydrogen-bond acceptors (Lipinski definition) is 3. The molecule has 0 saturated heterocycles. The van der Waals surface area contributed by atoms with E-state index in [9.17, 15) is 13.2 Å². The number of carbonyl (C=O) groups excluding carboxylic acids is 1. The largest absolute Gasteiger partial charge is 0.273 e. The van der Waals surface area contributed by atoms with Crippen LogP contribution in [0, 0.1) is 0 Å². The van der Waals surface area contributed by atoms with E-state index in [1.165, 1.54) is 7.05 Å². The standard InChI is InChI=1S/C5H13NO3P2S/c1-6(12(3,8)9)5(7)4-11(2)10/h4,10H2,1-3H3. The molecule has 2 unspecified atom stereocenters. The summed E-state index contributed by atoms with van der Waals surface area (Å²) >= 11 is 0. The zero-order chi connectivity index (χ0) is 9.94. The minimum absolute atomic E-state index is 0.295. The zero-order valence-electron chi connectivity index (χ0n) is 7.31. The highest BCUT2D eigenvalue weighted by atomic mass is 32.2. The summed E-state index contributed by atoms with van der Waals surface area (Å²) in [6.07, 6.45) is 1.31.